The van der Waals surface area contributed by atoms with Crippen molar-refractivity contribution in [3.63, 3.8) is 0 Å². The Balaban J connectivity index is 2.25. The Hall–Kier alpha value is -1.66. The average molecular weight is 236 g/mol. The van der Waals surface area contributed by atoms with E-state index in [1.165, 1.54) is 0 Å². The molecule has 92 valence electrons. The van der Waals surface area contributed by atoms with Gasteiger partial charge in [0, 0.05) is 19.8 Å². The molecule has 0 spiro atoms. The van der Waals surface area contributed by atoms with Crippen LogP contribution < -0.4 is 5.32 Å². The number of rotatable bonds is 4. The molecule has 0 aliphatic heterocycles. The first-order chi connectivity index (χ1) is 8.03. The van der Waals surface area contributed by atoms with Gasteiger partial charge in [-0.1, -0.05) is 0 Å². The van der Waals surface area contributed by atoms with Crippen molar-refractivity contribution in [2.24, 2.45) is 7.05 Å². The summed E-state index contributed by atoms with van der Waals surface area (Å²) in [6.07, 6.45) is 3.39. The number of anilines is 1. The van der Waals surface area contributed by atoms with Crippen molar-refractivity contribution in [3.8, 4) is 0 Å². The zero-order chi connectivity index (χ0) is 12.5. The molecule has 3 N–H and O–H groups in total. The highest BCUT2D eigenvalue weighted by atomic mass is 16.3. The van der Waals surface area contributed by atoms with Crippen molar-refractivity contribution in [3.05, 3.63) is 18.6 Å². The molecule has 0 bridgehead atoms. The number of imidazole rings is 1. The smallest absolute Gasteiger partial charge is 0.154 e. The summed E-state index contributed by atoms with van der Waals surface area (Å²) in [4.78, 5) is 8.42. The minimum atomic E-state index is -1.17. The Morgan fingerprint density at radius 3 is 2.94 bits per heavy atom. The second-order valence-electron chi connectivity index (χ2n) is 4.39. The van der Waals surface area contributed by atoms with E-state index >= 15 is 0 Å². The van der Waals surface area contributed by atoms with Crippen LogP contribution in [0.15, 0.2) is 18.6 Å². The van der Waals surface area contributed by atoms with Crippen LogP contribution in [0.5, 0.6) is 0 Å². The van der Waals surface area contributed by atoms with E-state index in [2.05, 4.69) is 15.3 Å². The molecule has 2 heterocycles. The van der Waals surface area contributed by atoms with Gasteiger partial charge < -0.3 is 20.1 Å². The van der Waals surface area contributed by atoms with Gasteiger partial charge in [0.1, 0.15) is 11.1 Å². The van der Waals surface area contributed by atoms with Gasteiger partial charge in [-0.2, -0.15) is 0 Å². The van der Waals surface area contributed by atoms with Crippen LogP contribution in [0.3, 0.4) is 0 Å². The molecule has 6 heteroatoms. The van der Waals surface area contributed by atoms with Crippen molar-refractivity contribution >= 4 is 16.9 Å². The lowest BCUT2D eigenvalue weighted by Crippen LogP contribution is -2.37. The van der Waals surface area contributed by atoms with E-state index in [1.807, 2.05) is 17.7 Å². The fourth-order valence-electron chi connectivity index (χ4n) is 1.52. The third-order valence-corrected chi connectivity index (χ3v) is 2.62. The zero-order valence-electron chi connectivity index (χ0n) is 9.88. The van der Waals surface area contributed by atoms with Gasteiger partial charge in [-0.05, 0) is 13.0 Å². The largest absolute Gasteiger partial charge is 0.393 e. The predicted molar refractivity (Wildman–Crippen MR) is 64.7 cm³/mol. The molecule has 1 atom stereocenters. The molecule has 0 radical (unpaired) electrons. The number of hydrogen-bond donors (Lipinski definition) is 3. The molecule has 0 aliphatic rings. The summed E-state index contributed by atoms with van der Waals surface area (Å²) in [5.41, 5.74) is 0.549. The molecule has 1 unspecified atom stereocenters. The SMILES string of the molecule is Cn1cnc2c(NCC(C)(O)CO)nccc21. The Bertz CT molecular complexity index is 521. The van der Waals surface area contributed by atoms with Gasteiger partial charge in [0.15, 0.2) is 5.82 Å². The summed E-state index contributed by atoms with van der Waals surface area (Å²) in [6.45, 7) is 1.46. The maximum absolute atomic E-state index is 9.70. The average Bonchev–Trinajstić information content (AvgIpc) is 2.70. The molecule has 2 aromatic rings. The maximum Gasteiger partial charge on any atom is 0.154 e. The topological polar surface area (TPSA) is 83.2 Å². The number of aliphatic hydroxyl groups excluding tert-OH is 1. The summed E-state index contributed by atoms with van der Waals surface area (Å²) in [5.74, 6) is 0.608. The molecule has 2 rings (SSSR count). The number of hydrogen-bond acceptors (Lipinski definition) is 5. The number of nitrogens with zero attached hydrogens (tertiary/aromatic N) is 3. The third kappa shape index (κ3) is 2.37. The van der Waals surface area contributed by atoms with E-state index in [0.29, 0.717) is 5.82 Å². The Labute approximate surface area is 98.9 Å². The van der Waals surface area contributed by atoms with Crippen LogP contribution in [-0.4, -0.2) is 43.5 Å². The first-order valence-electron chi connectivity index (χ1n) is 5.37. The minimum Gasteiger partial charge on any atom is -0.393 e. The van der Waals surface area contributed by atoms with Gasteiger partial charge in [-0.3, -0.25) is 0 Å². The summed E-state index contributed by atoms with van der Waals surface area (Å²) >= 11 is 0. The fourth-order valence-corrected chi connectivity index (χ4v) is 1.52. The van der Waals surface area contributed by atoms with Gasteiger partial charge in [-0.15, -0.1) is 0 Å². The minimum absolute atomic E-state index is 0.214. The maximum atomic E-state index is 9.70. The van der Waals surface area contributed by atoms with Crippen molar-refractivity contribution < 1.29 is 10.2 Å². The molecular formula is C11H16N4O2. The molecule has 2 aromatic heterocycles. The number of aromatic nitrogens is 3. The summed E-state index contributed by atoms with van der Waals surface area (Å²) in [6, 6.07) is 1.87. The number of fused-ring (bicyclic) bond motifs is 1. The van der Waals surface area contributed by atoms with Crippen LogP contribution in [0.1, 0.15) is 6.92 Å². The third-order valence-electron chi connectivity index (χ3n) is 2.62. The molecule has 0 saturated carbocycles. The van der Waals surface area contributed by atoms with Gasteiger partial charge in [0.2, 0.25) is 0 Å². The first kappa shape index (κ1) is 11.8. The molecule has 17 heavy (non-hydrogen) atoms. The Morgan fingerprint density at radius 2 is 2.24 bits per heavy atom. The lowest BCUT2D eigenvalue weighted by Gasteiger charge is -2.20. The fraction of sp³-hybridized carbons (Fsp3) is 0.455. The summed E-state index contributed by atoms with van der Waals surface area (Å²) < 4.78 is 1.90. The van der Waals surface area contributed by atoms with Gasteiger partial charge in [-0.25, -0.2) is 9.97 Å². The summed E-state index contributed by atoms with van der Waals surface area (Å²) in [5, 5.41) is 21.7. The summed E-state index contributed by atoms with van der Waals surface area (Å²) in [7, 11) is 1.91. The lowest BCUT2D eigenvalue weighted by molar-refractivity contribution is 0.0132. The van der Waals surface area contributed by atoms with E-state index < -0.39 is 5.60 Å². The highest BCUT2D eigenvalue weighted by molar-refractivity contribution is 5.85. The highest BCUT2D eigenvalue weighted by Crippen LogP contribution is 2.19. The molecule has 0 aliphatic carbocycles. The number of aryl methyl sites for hydroxylation is 1. The highest BCUT2D eigenvalue weighted by Gasteiger charge is 2.19. The van der Waals surface area contributed by atoms with E-state index in [9.17, 15) is 5.11 Å². The Kier molecular flexibility index (Phi) is 2.99. The van der Waals surface area contributed by atoms with Crippen LogP contribution in [0.2, 0.25) is 0 Å². The number of pyridine rings is 1. The van der Waals surface area contributed by atoms with E-state index in [0.717, 1.165) is 11.0 Å². The van der Waals surface area contributed by atoms with Crippen LogP contribution in [0.25, 0.3) is 11.0 Å². The second-order valence-corrected chi connectivity index (χ2v) is 4.39. The van der Waals surface area contributed by atoms with Crippen molar-refractivity contribution in [2.45, 2.75) is 12.5 Å². The normalized spacial score (nSPS) is 14.8. The van der Waals surface area contributed by atoms with E-state index in [-0.39, 0.29) is 13.2 Å². The monoisotopic (exact) mass is 236 g/mol. The van der Waals surface area contributed by atoms with Crippen LogP contribution >= 0.6 is 0 Å². The van der Waals surface area contributed by atoms with Gasteiger partial charge >= 0.3 is 0 Å². The van der Waals surface area contributed by atoms with Crippen molar-refractivity contribution in [1.82, 2.24) is 14.5 Å². The van der Waals surface area contributed by atoms with Gasteiger partial charge in [0.05, 0.1) is 18.5 Å². The standard InChI is InChI=1S/C11H16N4O2/c1-11(17,6-16)5-13-10-9-8(3-4-12-10)15(2)7-14-9/h3-4,7,16-17H,5-6H2,1-2H3,(H,12,13). The van der Waals surface area contributed by atoms with Gasteiger partial charge in [0.25, 0.3) is 0 Å². The Morgan fingerprint density at radius 1 is 1.47 bits per heavy atom. The van der Waals surface area contributed by atoms with E-state index in [1.54, 1.807) is 19.4 Å². The molecular weight excluding hydrogens is 220 g/mol. The van der Waals surface area contributed by atoms with Crippen molar-refractivity contribution in [2.75, 3.05) is 18.5 Å². The molecule has 0 amide bonds. The zero-order valence-corrected chi connectivity index (χ0v) is 9.88. The first-order valence-corrected chi connectivity index (χ1v) is 5.37. The molecule has 6 nitrogen and oxygen atoms in total. The van der Waals surface area contributed by atoms with Crippen molar-refractivity contribution in [1.29, 1.82) is 0 Å². The second kappa shape index (κ2) is 4.31. The molecule has 0 aromatic carbocycles. The van der Waals surface area contributed by atoms with E-state index in [4.69, 9.17) is 5.11 Å². The molecule has 0 fully saturated rings. The van der Waals surface area contributed by atoms with Crippen LogP contribution in [-0.2, 0) is 7.05 Å². The quantitative estimate of drug-likeness (QED) is 0.702. The number of aliphatic hydroxyl groups is 2. The lowest BCUT2D eigenvalue weighted by atomic mass is 10.1. The molecule has 0 saturated heterocycles. The predicted octanol–water partition coefficient (Wildman–Crippen LogP) is 0.123. The van der Waals surface area contributed by atoms with Crippen LogP contribution in [0, 0.1) is 0 Å². The van der Waals surface area contributed by atoms with Crippen LogP contribution in [0.4, 0.5) is 5.82 Å². The number of nitrogens with one attached hydrogen (secondary N) is 1.